The molecule has 0 spiro atoms. The van der Waals surface area contributed by atoms with E-state index in [9.17, 15) is 59.4 Å². The summed E-state index contributed by atoms with van der Waals surface area (Å²) in [5, 5.41) is 83.5. The van der Waals surface area contributed by atoms with E-state index in [0.717, 1.165) is 0 Å². The van der Waals surface area contributed by atoms with E-state index in [2.05, 4.69) is 52.5 Å². The lowest BCUT2D eigenvalue weighted by atomic mass is 9.95. The predicted molar refractivity (Wildman–Crippen MR) is 303 cm³/mol. The van der Waals surface area contributed by atoms with Gasteiger partial charge in [0.05, 0.1) is 37.5 Å². The molecule has 0 bridgehead atoms. The summed E-state index contributed by atoms with van der Waals surface area (Å²) < 4.78 is 116. The van der Waals surface area contributed by atoms with Crippen molar-refractivity contribution >= 4 is 78.9 Å². The third-order valence-electron chi connectivity index (χ3n) is 12.1. The highest BCUT2D eigenvalue weighted by Crippen LogP contribution is 2.26. The Morgan fingerprint density at radius 3 is 1.10 bits per heavy atom. The van der Waals surface area contributed by atoms with E-state index in [1.54, 1.807) is 0 Å². The van der Waals surface area contributed by atoms with E-state index >= 15 is 0 Å². The van der Waals surface area contributed by atoms with Crippen LogP contribution < -0.4 is 76.9 Å². The van der Waals surface area contributed by atoms with Crippen molar-refractivity contribution < 1.29 is 164 Å². The predicted octanol–water partition coefficient (Wildman–Crippen LogP) is -18.4. The number of aliphatic hydroxyl groups excluding tert-OH is 6. The molecule has 50 nitrogen and oxygen atoms in total. The first-order chi connectivity index (χ1) is 39.3. The molecule has 6 heterocycles. The molecule has 0 aliphatic carbocycles. The first kappa shape index (κ1) is 93.6. The fraction of sp³-hybridized carbons (Fsp3) is 0.789. The van der Waals surface area contributed by atoms with E-state index in [4.69, 9.17) is 106 Å². The van der Waals surface area contributed by atoms with Crippen molar-refractivity contribution in [2.45, 2.75) is 148 Å². The lowest BCUT2D eigenvalue weighted by molar-refractivity contribution is -0.198. The lowest BCUT2D eigenvalue weighted by Crippen LogP contribution is -2.70. The zero-order valence-corrected chi connectivity index (χ0v) is 49.8. The summed E-state index contributed by atoms with van der Waals surface area (Å²) in [5.41, 5.74) is 33.0. The Morgan fingerprint density at radius 1 is 0.571 bits per heavy atom. The largest absolute Gasteiger partial charge is 0.441 e. The van der Waals surface area contributed by atoms with Crippen molar-refractivity contribution in [3.8, 4) is 0 Å². The summed E-state index contributed by atoms with van der Waals surface area (Å²) in [6.07, 6.45) is -12.7. The number of carbonyl (C=O) groups is 6. The average Bonchev–Trinajstić information content (AvgIpc) is 1.79. The van der Waals surface area contributed by atoms with Crippen LogP contribution in [0.15, 0.2) is 9.98 Å². The molecule has 0 aromatic rings. The van der Waals surface area contributed by atoms with Crippen LogP contribution in [0.3, 0.4) is 0 Å². The fourth-order valence-electron chi connectivity index (χ4n) is 8.60. The number of nitrogens with two attached hydrogens (primary N) is 6. The molecule has 0 aromatic carbocycles. The number of rotatable bonds is 18. The molecule has 540 valence electrons. The fourth-order valence-corrected chi connectivity index (χ4v) is 8.60. The standard InChI is InChI=1S/2C19H34N8O8.3H2O4S.6H2O/c2*20-3-1-2-7(21)4-10(30)24-13-14(31)15(35-18(22)33)9(6-28)34-17(13)27-19-25-11-8(29)5-23-16(32)12(11)26-19;3*1-5(2,3)4;;;;;;/h2*7-9,11-15,17,28-29,31H,1-6,20-21H2,(H2,22,33)(H,23,32)(H,24,30)(H2,25,26,27);3*(H2,1,2,3,4);6*1H2/t2*7-,8+,9+,11+,12-,13+,14-,15-,17+;;;;;;;;;/m00........./s1. The van der Waals surface area contributed by atoms with Gasteiger partial charge in [-0.25, -0.2) is 19.6 Å². The minimum absolute atomic E-state index is 0. The maximum atomic E-state index is 12.7. The number of β-amino-alcohol motifs (C(OH)–C–C–N with tert-alkyl or cyclic N) is 2. The summed E-state index contributed by atoms with van der Waals surface area (Å²) in [5.74, 6) is -1.66. The molecule has 6 aliphatic rings. The van der Waals surface area contributed by atoms with Crippen molar-refractivity contribution in [2.75, 3.05) is 39.4 Å². The summed E-state index contributed by atoms with van der Waals surface area (Å²) in [6.45, 7) is -0.343. The van der Waals surface area contributed by atoms with Crippen LogP contribution in [0.4, 0.5) is 9.59 Å². The molecule has 44 N–H and O–H groups in total. The smallest absolute Gasteiger partial charge is 0.404 e. The molecule has 91 heavy (non-hydrogen) atoms. The SMILES string of the molecule is NCCC[C@H](N)CC(=O)N[C@@H]1[C@H](O)[C@@H](OC(N)=O)[C@@H](CO)O[C@H]1NC1=N[C@@H]2C(=O)NC[C@@H](O)[C@H]2N1.NCCC[C@H](N)CC(=O)N[C@@H]1[C@H](O)[C@@H](OC(N)=O)[C@@H](CO)O[C@H]1NC1=N[C@@H]2C(=O)NC[C@@H](O)[C@H]2N1.O.O.O.O.O.O.O=S(=O)(O)O.O=S(=O)(O)O.O=S(=O)(O)O. The maximum absolute atomic E-state index is 12.7. The van der Waals surface area contributed by atoms with Crippen LogP contribution in [0.1, 0.15) is 38.5 Å². The highest BCUT2D eigenvalue weighted by atomic mass is 32.3. The lowest BCUT2D eigenvalue weighted by Gasteiger charge is -2.44. The van der Waals surface area contributed by atoms with Crippen molar-refractivity contribution in [1.82, 2.24) is 42.5 Å². The van der Waals surface area contributed by atoms with Gasteiger partial charge in [-0.2, -0.15) is 25.3 Å². The van der Waals surface area contributed by atoms with Gasteiger partial charge in [0.1, 0.15) is 36.5 Å². The number of primary amides is 2. The number of amides is 6. The minimum Gasteiger partial charge on any atom is -0.441 e. The monoisotopic (exact) mass is 1410 g/mol. The van der Waals surface area contributed by atoms with Crippen molar-refractivity contribution in [1.29, 1.82) is 0 Å². The number of ether oxygens (including phenoxy) is 4. The number of piperidine rings is 2. The molecular formula is C38H86N16O34S3. The van der Waals surface area contributed by atoms with E-state index in [1.807, 2.05) is 0 Å². The number of nitrogens with zero attached hydrogens (tertiary/aromatic N) is 2. The molecule has 0 aromatic heterocycles. The van der Waals surface area contributed by atoms with Crippen LogP contribution in [0, 0.1) is 0 Å². The zero-order chi connectivity index (χ0) is 64.9. The molecule has 53 heteroatoms. The third-order valence-corrected chi connectivity index (χ3v) is 12.1. The van der Waals surface area contributed by atoms with Crippen LogP contribution in [0.2, 0.25) is 0 Å². The van der Waals surface area contributed by atoms with E-state index in [-0.39, 0.29) is 82.5 Å². The topological polar surface area (TPSA) is 951 Å². The normalized spacial score (nSPS) is 28.9. The Kier molecular flexibility index (Phi) is 44.1. The summed E-state index contributed by atoms with van der Waals surface area (Å²) in [4.78, 5) is 80.7. The van der Waals surface area contributed by atoms with Crippen molar-refractivity contribution in [3.05, 3.63) is 0 Å². The highest BCUT2D eigenvalue weighted by Gasteiger charge is 2.52. The summed E-state index contributed by atoms with van der Waals surface area (Å²) in [7, 11) is -14.0. The van der Waals surface area contributed by atoms with E-state index < -0.39 is 178 Å². The number of hydrogen-bond donors (Lipinski definition) is 26. The number of guanidine groups is 2. The Hall–Kier alpha value is -6.15. The number of aliphatic imine (C=N–C) groups is 2. The molecule has 0 saturated carbocycles. The summed E-state index contributed by atoms with van der Waals surface area (Å²) >= 11 is 0. The quantitative estimate of drug-likeness (QED) is 0.0567. The van der Waals surface area contributed by atoms with Gasteiger partial charge >= 0.3 is 43.4 Å². The van der Waals surface area contributed by atoms with Gasteiger partial charge in [-0.15, -0.1) is 0 Å². The third kappa shape index (κ3) is 34.4. The zero-order valence-electron chi connectivity index (χ0n) is 47.4. The number of fused-ring (bicyclic) bond motifs is 2. The van der Waals surface area contributed by atoms with Crippen LogP contribution in [-0.4, -0.2) is 313 Å². The number of carbonyl (C=O) groups excluding carboxylic acids is 6. The second-order valence-electron chi connectivity index (χ2n) is 18.8. The average molecular weight is 1410 g/mol. The molecule has 6 aliphatic heterocycles. The molecule has 18 atom stereocenters. The van der Waals surface area contributed by atoms with Crippen molar-refractivity contribution in [3.63, 3.8) is 0 Å². The molecule has 4 saturated heterocycles. The Balaban J connectivity index is -0.000000419. The van der Waals surface area contributed by atoms with Crippen LogP contribution in [-0.2, 0) is 69.3 Å². The van der Waals surface area contributed by atoms with E-state index in [0.29, 0.717) is 38.8 Å². The Bertz CT molecular complexity index is 2420. The summed E-state index contributed by atoms with van der Waals surface area (Å²) in [6, 6.07) is -6.53. The van der Waals surface area contributed by atoms with Crippen molar-refractivity contribution in [2.24, 2.45) is 44.4 Å². The highest BCUT2D eigenvalue weighted by molar-refractivity contribution is 7.80. The van der Waals surface area contributed by atoms with Gasteiger partial charge in [-0.1, -0.05) is 0 Å². The minimum atomic E-state index is -4.67. The van der Waals surface area contributed by atoms with Gasteiger partial charge in [0.2, 0.25) is 23.6 Å². The van der Waals surface area contributed by atoms with Crippen LogP contribution >= 0.6 is 0 Å². The molecular weight excluding hydrogens is 1320 g/mol. The van der Waals surface area contributed by atoms with Crippen LogP contribution in [0.25, 0.3) is 0 Å². The van der Waals surface area contributed by atoms with Crippen LogP contribution in [0.5, 0.6) is 0 Å². The molecule has 4 fully saturated rings. The first-order valence-electron chi connectivity index (χ1n) is 24.8. The Morgan fingerprint density at radius 2 is 0.857 bits per heavy atom. The number of aliphatic hydroxyl groups is 6. The number of nitrogens with one attached hydrogen (secondary N) is 8. The molecule has 6 rings (SSSR count). The van der Waals surface area contributed by atoms with Gasteiger partial charge < -0.3 is 159 Å². The molecule has 6 amide bonds. The van der Waals surface area contributed by atoms with Gasteiger partial charge in [0.25, 0.3) is 0 Å². The van der Waals surface area contributed by atoms with Gasteiger partial charge in [-0.05, 0) is 38.8 Å². The molecule has 0 radical (unpaired) electrons. The maximum Gasteiger partial charge on any atom is 0.404 e. The van der Waals surface area contributed by atoms with Gasteiger partial charge in [0.15, 0.2) is 48.7 Å². The van der Waals surface area contributed by atoms with Gasteiger partial charge in [-0.3, -0.25) is 46.5 Å². The van der Waals surface area contributed by atoms with Gasteiger partial charge in [0, 0.05) is 38.0 Å². The number of hydrogen-bond acceptors (Lipinski definition) is 32. The van der Waals surface area contributed by atoms with E-state index in [1.165, 1.54) is 0 Å². The first-order valence-corrected chi connectivity index (χ1v) is 29.0. The second-order valence-corrected chi connectivity index (χ2v) is 21.4. The molecule has 0 unspecified atom stereocenters. The Labute approximate surface area is 515 Å². The second kappa shape index (κ2) is 42.9.